The monoisotopic (exact) mass is 260 g/mol. The van der Waals surface area contributed by atoms with E-state index in [1.807, 2.05) is 6.92 Å². The molecule has 0 aliphatic rings. The molecule has 0 atom stereocenters. The maximum atomic E-state index is 12.0. The Hall–Kier alpha value is -2.11. The molecule has 0 bridgehead atoms. The zero-order valence-electron chi connectivity index (χ0n) is 10.1. The Morgan fingerprint density at radius 2 is 1.72 bits per heavy atom. The molecule has 0 saturated heterocycles. The highest BCUT2D eigenvalue weighted by atomic mass is 32.2. The van der Waals surface area contributed by atoms with Crippen LogP contribution in [0.1, 0.15) is 12.5 Å². The molecule has 0 aliphatic carbocycles. The third-order valence-corrected chi connectivity index (χ3v) is 4.13. The molecule has 0 unspecified atom stereocenters. The minimum atomic E-state index is -3.57. The van der Waals surface area contributed by atoms with Crippen molar-refractivity contribution >= 4 is 9.84 Å². The smallest absolute Gasteiger partial charge is 0.183 e. The van der Waals surface area contributed by atoms with E-state index in [-0.39, 0.29) is 16.0 Å². The van der Waals surface area contributed by atoms with Crippen molar-refractivity contribution in [3.8, 4) is 12.1 Å². The van der Waals surface area contributed by atoms with Crippen LogP contribution in [0.15, 0.2) is 40.3 Å². The fourth-order valence-corrected chi connectivity index (χ4v) is 2.69. The van der Waals surface area contributed by atoms with Crippen LogP contribution in [0, 0.1) is 29.6 Å². The van der Waals surface area contributed by atoms with Gasteiger partial charge in [0.05, 0.1) is 28.4 Å². The van der Waals surface area contributed by atoms with Gasteiger partial charge >= 0.3 is 0 Å². The van der Waals surface area contributed by atoms with Gasteiger partial charge in [-0.3, -0.25) is 0 Å². The first kappa shape index (κ1) is 14.0. The first-order valence-electron chi connectivity index (χ1n) is 5.20. The molecule has 0 saturated carbocycles. The zero-order valence-corrected chi connectivity index (χ0v) is 11.0. The van der Waals surface area contributed by atoms with E-state index in [9.17, 15) is 8.42 Å². The van der Waals surface area contributed by atoms with Gasteiger partial charge in [0.25, 0.3) is 0 Å². The largest absolute Gasteiger partial charge is 0.223 e. The Morgan fingerprint density at radius 1 is 1.17 bits per heavy atom. The Morgan fingerprint density at radius 3 is 2.17 bits per heavy atom. The Bertz CT molecular complexity index is 656. The summed E-state index contributed by atoms with van der Waals surface area (Å²) >= 11 is 0. The van der Waals surface area contributed by atoms with Crippen molar-refractivity contribution in [3.63, 3.8) is 0 Å². The van der Waals surface area contributed by atoms with Gasteiger partial charge in [0, 0.05) is 5.57 Å². The molecule has 0 spiro atoms. The highest BCUT2D eigenvalue weighted by Crippen LogP contribution is 2.16. The van der Waals surface area contributed by atoms with Gasteiger partial charge in [0.2, 0.25) is 0 Å². The van der Waals surface area contributed by atoms with Gasteiger partial charge in [0.1, 0.15) is 0 Å². The van der Waals surface area contributed by atoms with Crippen molar-refractivity contribution in [2.45, 2.75) is 18.7 Å². The molecule has 0 aliphatic heterocycles. The lowest BCUT2D eigenvalue weighted by molar-refractivity contribution is 0.598. The predicted molar refractivity (Wildman–Crippen MR) is 67.2 cm³/mol. The number of sulfone groups is 1. The standard InChI is InChI=1S/C13H12N2O2S/c1-10-3-5-13(6-4-10)18(16,17)9-12(8-15)11(2)7-14/h3-6H,9H2,1-2H3/b12-11-. The summed E-state index contributed by atoms with van der Waals surface area (Å²) in [5.41, 5.74) is 1.07. The number of nitriles is 2. The van der Waals surface area contributed by atoms with Gasteiger partial charge in [-0.1, -0.05) is 17.7 Å². The molecule has 4 nitrogen and oxygen atoms in total. The van der Waals surface area contributed by atoms with Gasteiger partial charge in [0.15, 0.2) is 9.84 Å². The van der Waals surface area contributed by atoms with Crippen molar-refractivity contribution in [2.24, 2.45) is 0 Å². The molecule has 1 aromatic rings. The van der Waals surface area contributed by atoms with E-state index in [0.29, 0.717) is 0 Å². The topological polar surface area (TPSA) is 81.7 Å². The Balaban J connectivity index is 3.15. The van der Waals surface area contributed by atoms with Crippen LogP contribution in [-0.4, -0.2) is 14.2 Å². The van der Waals surface area contributed by atoms with Crippen molar-refractivity contribution in [1.29, 1.82) is 10.5 Å². The summed E-state index contributed by atoms with van der Waals surface area (Å²) in [4.78, 5) is 0.159. The van der Waals surface area contributed by atoms with Gasteiger partial charge in [-0.05, 0) is 26.0 Å². The Kier molecular flexibility index (Phi) is 4.25. The van der Waals surface area contributed by atoms with Crippen molar-refractivity contribution in [1.82, 2.24) is 0 Å². The van der Waals surface area contributed by atoms with Crippen molar-refractivity contribution in [3.05, 3.63) is 41.0 Å². The maximum absolute atomic E-state index is 12.0. The van der Waals surface area contributed by atoms with Crippen molar-refractivity contribution < 1.29 is 8.42 Å². The fourth-order valence-electron chi connectivity index (χ4n) is 1.31. The van der Waals surface area contributed by atoms with E-state index >= 15 is 0 Å². The summed E-state index contributed by atoms with van der Waals surface area (Å²) in [5, 5.41) is 17.5. The van der Waals surface area contributed by atoms with Crippen molar-refractivity contribution in [2.75, 3.05) is 5.75 Å². The van der Waals surface area contributed by atoms with E-state index in [1.54, 1.807) is 24.3 Å². The summed E-state index contributed by atoms with van der Waals surface area (Å²) in [6.07, 6.45) is 0. The second-order valence-corrected chi connectivity index (χ2v) is 5.89. The molecule has 5 heteroatoms. The number of nitrogens with zero attached hydrogens (tertiary/aromatic N) is 2. The number of benzene rings is 1. The third kappa shape index (κ3) is 3.19. The van der Waals surface area contributed by atoms with Gasteiger partial charge in [-0.2, -0.15) is 10.5 Å². The first-order valence-corrected chi connectivity index (χ1v) is 6.85. The van der Waals surface area contributed by atoms with Crippen LogP contribution < -0.4 is 0 Å². The second kappa shape index (κ2) is 5.48. The van der Waals surface area contributed by atoms with Gasteiger partial charge in [-0.15, -0.1) is 0 Å². The number of hydrogen-bond acceptors (Lipinski definition) is 4. The second-order valence-electron chi connectivity index (χ2n) is 3.90. The number of rotatable bonds is 3. The number of allylic oxidation sites excluding steroid dienone is 1. The van der Waals surface area contributed by atoms with Crippen LogP contribution in [0.3, 0.4) is 0 Å². The average Bonchev–Trinajstić information content (AvgIpc) is 2.35. The summed E-state index contributed by atoms with van der Waals surface area (Å²) in [7, 11) is -3.57. The maximum Gasteiger partial charge on any atom is 0.183 e. The van der Waals surface area contributed by atoms with Crippen LogP contribution >= 0.6 is 0 Å². The minimum Gasteiger partial charge on any atom is -0.223 e. The molecule has 92 valence electrons. The fraction of sp³-hybridized carbons (Fsp3) is 0.231. The lowest BCUT2D eigenvalue weighted by atomic mass is 10.2. The van der Waals surface area contributed by atoms with Gasteiger partial charge < -0.3 is 0 Å². The van der Waals surface area contributed by atoms with E-state index in [4.69, 9.17) is 10.5 Å². The summed E-state index contributed by atoms with van der Waals surface area (Å²) in [6, 6.07) is 9.95. The molecule has 0 radical (unpaired) electrons. The molecular formula is C13H12N2O2S. The molecule has 0 fully saturated rings. The molecule has 0 heterocycles. The highest BCUT2D eigenvalue weighted by molar-refractivity contribution is 7.91. The minimum absolute atomic E-state index is 0.0157. The molecule has 0 amide bonds. The molecule has 18 heavy (non-hydrogen) atoms. The predicted octanol–water partition coefficient (Wildman–Crippen LogP) is 2.13. The number of aryl methyl sites for hydroxylation is 1. The van der Waals surface area contributed by atoms with Crippen LogP contribution in [-0.2, 0) is 9.84 Å². The van der Waals surface area contributed by atoms with E-state index in [1.165, 1.54) is 19.1 Å². The number of hydrogen-bond donors (Lipinski definition) is 0. The zero-order chi connectivity index (χ0) is 13.8. The first-order chi connectivity index (χ1) is 8.40. The van der Waals surface area contributed by atoms with E-state index in [2.05, 4.69) is 0 Å². The van der Waals surface area contributed by atoms with Crippen LogP contribution in [0.4, 0.5) is 0 Å². The molecule has 1 aromatic carbocycles. The quantitative estimate of drug-likeness (QED) is 0.779. The van der Waals surface area contributed by atoms with E-state index in [0.717, 1.165) is 5.56 Å². The lowest BCUT2D eigenvalue weighted by Gasteiger charge is -2.04. The molecule has 0 N–H and O–H groups in total. The molecule has 1 rings (SSSR count). The molecular weight excluding hydrogens is 248 g/mol. The third-order valence-electron chi connectivity index (χ3n) is 2.47. The lowest BCUT2D eigenvalue weighted by Crippen LogP contribution is -2.09. The highest BCUT2D eigenvalue weighted by Gasteiger charge is 2.18. The Labute approximate surface area is 107 Å². The van der Waals surface area contributed by atoms with E-state index < -0.39 is 15.6 Å². The summed E-state index contributed by atoms with van der Waals surface area (Å²) < 4.78 is 24.1. The molecule has 0 aromatic heterocycles. The SMILES string of the molecule is C/C(C#N)=C(\C#N)CS(=O)(=O)c1ccc(C)cc1. The van der Waals surface area contributed by atoms with Crippen LogP contribution in [0.2, 0.25) is 0 Å². The summed E-state index contributed by atoms with van der Waals surface area (Å²) in [5.74, 6) is -0.439. The normalized spacial score (nSPS) is 12.2. The van der Waals surface area contributed by atoms with Gasteiger partial charge in [-0.25, -0.2) is 8.42 Å². The average molecular weight is 260 g/mol. The van der Waals surface area contributed by atoms with Crippen LogP contribution in [0.5, 0.6) is 0 Å². The van der Waals surface area contributed by atoms with Crippen LogP contribution in [0.25, 0.3) is 0 Å². The summed E-state index contributed by atoms with van der Waals surface area (Å²) in [6.45, 7) is 3.29.